The van der Waals surface area contributed by atoms with Gasteiger partial charge in [0.2, 0.25) is 5.91 Å². The largest absolute Gasteiger partial charge is 0.450 e. The van der Waals surface area contributed by atoms with Crippen LogP contribution in [0.5, 0.6) is 0 Å². The number of amides is 3. The third-order valence-corrected chi connectivity index (χ3v) is 7.36. The molecule has 0 saturated heterocycles. The SMILES string of the molecule is CCC(NC(=O)OC(C)(C)C)c1ccc(CO[C@H](C)[C@H](CCC(N)=O)NC(=O)OCC[Si](C)(C)C)cc1. The third kappa shape index (κ3) is 14.7. The number of hydrogen-bond donors (Lipinski definition) is 3. The highest BCUT2D eigenvalue weighted by Crippen LogP contribution is 2.19. The first kappa shape index (κ1) is 32.4. The summed E-state index contributed by atoms with van der Waals surface area (Å²) < 4.78 is 16.7. The molecule has 0 radical (unpaired) electrons. The highest BCUT2D eigenvalue weighted by molar-refractivity contribution is 6.76. The molecule has 0 fully saturated rings. The van der Waals surface area contributed by atoms with Gasteiger partial charge in [-0.25, -0.2) is 9.59 Å². The van der Waals surface area contributed by atoms with E-state index >= 15 is 0 Å². The Labute approximate surface area is 223 Å². The maximum Gasteiger partial charge on any atom is 0.408 e. The summed E-state index contributed by atoms with van der Waals surface area (Å²) in [4.78, 5) is 35.8. The molecule has 0 aliphatic rings. The van der Waals surface area contributed by atoms with Gasteiger partial charge < -0.3 is 30.6 Å². The Morgan fingerprint density at radius 3 is 2.16 bits per heavy atom. The number of nitrogens with two attached hydrogens (primary N) is 1. The van der Waals surface area contributed by atoms with Crippen molar-refractivity contribution in [3.63, 3.8) is 0 Å². The van der Waals surface area contributed by atoms with Crippen LogP contribution in [0.4, 0.5) is 9.59 Å². The Morgan fingerprint density at radius 2 is 1.65 bits per heavy atom. The molecule has 4 N–H and O–H groups in total. The number of rotatable bonds is 14. The molecule has 3 amide bonds. The van der Waals surface area contributed by atoms with Gasteiger partial charge in [-0.1, -0.05) is 50.8 Å². The monoisotopic (exact) mass is 537 g/mol. The van der Waals surface area contributed by atoms with Crippen LogP contribution < -0.4 is 16.4 Å². The van der Waals surface area contributed by atoms with Crippen LogP contribution in [0, 0.1) is 0 Å². The second-order valence-electron chi connectivity index (χ2n) is 11.6. The standard InChI is InChI=1S/C27H47N3O6Si/c1-9-22(29-26(33)36-27(3,4)5)21-12-10-20(11-13-21)18-35-19(2)23(14-15-24(28)31)30-25(32)34-16-17-37(6,7)8/h10-13,19,22-23H,9,14-18H2,1-8H3,(H2,28,31)(H,29,33)(H,30,32)/t19-,22?,23+/m1/s1. The Morgan fingerprint density at radius 1 is 1.03 bits per heavy atom. The molecule has 1 aromatic rings. The van der Waals surface area contributed by atoms with Crippen molar-refractivity contribution in [1.29, 1.82) is 0 Å². The van der Waals surface area contributed by atoms with Crippen molar-refractivity contribution < 1.29 is 28.6 Å². The summed E-state index contributed by atoms with van der Waals surface area (Å²) >= 11 is 0. The third-order valence-electron chi connectivity index (χ3n) is 5.65. The summed E-state index contributed by atoms with van der Waals surface area (Å²) in [6.07, 6.45) is -0.142. The van der Waals surface area contributed by atoms with Crippen LogP contribution in [0.1, 0.15) is 71.0 Å². The molecule has 3 atom stereocenters. The predicted octanol–water partition coefficient (Wildman–Crippen LogP) is 5.27. The molecule has 0 aliphatic carbocycles. The number of benzene rings is 1. The van der Waals surface area contributed by atoms with E-state index in [1.165, 1.54) is 0 Å². The van der Waals surface area contributed by atoms with Gasteiger partial charge in [0.05, 0.1) is 31.4 Å². The number of ether oxygens (including phenoxy) is 3. The normalized spacial score (nSPS) is 14.3. The van der Waals surface area contributed by atoms with Crippen molar-refractivity contribution in [2.45, 2.75) is 110 Å². The quantitative estimate of drug-likeness (QED) is 0.277. The lowest BCUT2D eigenvalue weighted by atomic mass is 10.0. The molecule has 37 heavy (non-hydrogen) atoms. The molecular formula is C27H47N3O6Si. The Hall–Kier alpha value is -2.59. The summed E-state index contributed by atoms with van der Waals surface area (Å²) in [7, 11) is -1.32. The van der Waals surface area contributed by atoms with E-state index in [0.717, 1.165) is 17.2 Å². The van der Waals surface area contributed by atoms with Crippen LogP contribution >= 0.6 is 0 Å². The maximum atomic E-state index is 12.3. The summed E-state index contributed by atoms with van der Waals surface area (Å²) in [6, 6.07) is 8.07. The van der Waals surface area contributed by atoms with Gasteiger partial charge in [0.25, 0.3) is 0 Å². The molecule has 0 bridgehead atoms. The molecule has 210 valence electrons. The smallest absolute Gasteiger partial charge is 0.408 e. The predicted molar refractivity (Wildman–Crippen MR) is 148 cm³/mol. The molecule has 1 unspecified atom stereocenters. The van der Waals surface area contributed by atoms with Crippen LogP contribution in [0.15, 0.2) is 24.3 Å². The fraction of sp³-hybridized carbons (Fsp3) is 0.667. The van der Waals surface area contributed by atoms with E-state index in [2.05, 4.69) is 30.3 Å². The lowest BCUT2D eigenvalue weighted by Gasteiger charge is -2.25. The van der Waals surface area contributed by atoms with Gasteiger partial charge >= 0.3 is 12.2 Å². The molecule has 1 aromatic carbocycles. The summed E-state index contributed by atoms with van der Waals surface area (Å²) in [5.74, 6) is -0.438. The van der Waals surface area contributed by atoms with Gasteiger partial charge in [0.15, 0.2) is 0 Å². The van der Waals surface area contributed by atoms with Crippen LogP contribution in [0.25, 0.3) is 0 Å². The number of alkyl carbamates (subject to hydrolysis) is 2. The van der Waals surface area contributed by atoms with Crippen LogP contribution in [0.3, 0.4) is 0 Å². The van der Waals surface area contributed by atoms with E-state index in [4.69, 9.17) is 19.9 Å². The van der Waals surface area contributed by atoms with Gasteiger partial charge in [-0.15, -0.1) is 0 Å². The summed E-state index contributed by atoms with van der Waals surface area (Å²) in [5.41, 5.74) is 6.67. The molecular weight excluding hydrogens is 490 g/mol. The van der Waals surface area contributed by atoms with Crippen molar-refractivity contribution in [1.82, 2.24) is 10.6 Å². The van der Waals surface area contributed by atoms with Crippen LogP contribution in [-0.2, 0) is 25.6 Å². The zero-order chi connectivity index (χ0) is 28.2. The molecule has 0 aromatic heterocycles. The van der Waals surface area contributed by atoms with E-state index in [1.54, 1.807) is 0 Å². The molecule has 0 spiro atoms. The minimum Gasteiger partial charge on any atom is -0.450 e. The van der Waals surface area contributed by atoms with E-state index in [0.29, 0.717) is 26.1 Å². The number of nitrogens with one attached hydrogen (secondary N) is 2. The topological polar surface area (TPSA) is 129 Å². The minimum absolute atomic E-state index is 0.130. The molecule has 10 heteroatoms. The van der Waals surface area contributed by atoms with E-state index in [1.807, 2.05) is 58.9 Å². The Balaban J connectivity index is 2.70. The van der Waals surface area contributed by atoms with E-state index in [-0.39, 0.29) is 18.6 Å². The number of carbonyl (C=O) groups excluding carboxylic acids is 3. The van der Waals surface area contributed by atoms with Crippen molar-refractivity contribution in [3.05, 3.63) is 35.4 Å². The van der Waals surface area contributed by atoms with Crippen molar-refractivity contribution >= 4 is 26.2 Å². The van der Waals surface area contributed by atoms with Crippen molar-refractivity contribution in [2.24, 2.45) is 5.73 Å². The first-order valence-electron chi connectivity index (χ1n) is 13.0. The Bertz CT molecular complexity index is 864. The number of primary amides is 1. The minimum atomic E-state index is -1.32. The zero-order valence-electron chi connectivity index (χ0n) is 23.8. The molecule has 0 aliphatic heterocycles. The van der Waals surface area contributed by atoms with Gasteiger partial charge in [-0.05, 0) is 57.7 Å². The van der Waals surface area contributed by atoms with Crippen LogP contribution in [-0.4, -0.2) is 50.5 Å². The molecule has 0 heterocycles. The van der Waals surface area contributed by atoms with Gasteiger partial charge in [0, 0.05) is 14.5 Å². The zero-order valence-corrected chi connectivity index (χ0v) is 24.8. The first-order chi connectivity index (χ1) is 17.1. The second kappa shape index (κ2) is 15.0. The second-order valence-corrected chi connectivity index (χ2v) is 17.2. The van der Waals surface area contributed by atoms with E-state index < -0.39 is 37.8 Å². The Kier molecular flexibility index (Phi) is 13.1. The lowest BCUT2D eigenvalue weighted by Crippen LogP contribution is -2.44. The molecule has 0 saturated carbocycles. The number of carbonyl (C=O) groups is 3. The van der Waals surface area contributed by atoms with Gasteiger partial charge in [0.1, 0.15) is 5.60 Å². The fourth-order valence-electron chi connectivity index (χ4n) is 3.43. The fourth-order valence-corrected chi connectivity index (χ4v) is 4.14. The lowest BCUT2D eigenvalue weighted by molar-refractivity contribution is -0.118. The maximum absolute atomic E-state index is 12.3. The van der Waals surface area contributed by atoms with Gasteiger partial charge in [-0.2, -0.15) is 0 Å². The molecule has 9 nitrogen and oxygen atoms in total. The number of hydrogen-bond acceptors (Lipinski definition) is 6. The van der Waals surface area contributed by atoms with Crippen molar-refractivity contribution in [2.75, 3.05) is 6.61 Å². The summed E-state index contributed by atoms with van der Waals surface area (Å²) in [6.45, 7) is 16.7. The summed E-state index contributed by atoms with van der Waals surface area (Å²) in [5, 5.41) is 5.74. The van der Waals surface area contributed by atoms with E-state index in [9.17, 15) is 14.4 Å². The highest BCUT2D eigenvalue weighted by Gasteiger charge is 2.23. The van der Waals surface area contributed by atoms with Crippen molar-refractivity contribution in [3.8, 4) is 0 Å². The van der Waals surface area contributed by atoms with Gasteiger partial charge in [-0.3, -0.25) is 4.79 Å². The average Bonchev–Trinajstić information content (AvgIpc) is 2.76. The highest BCUT2D eigenvalue weighted by atomic mass is 28.3. The molecule has 1 rings (SSSR count). The first-order valence-corrected chi connectivity index (χ1v) is 16.7. The van der Waals surface area contributed by atoms with Crippen LogP contribution in [0.2, 0.25) is 25.7 Å². The average molecular weight is 538 g/mol.